The predicted octanol–water partition coefficient (Wildman–Crippen LogP) is 11.7. The van der Waals surface area contributed by atoms with Crippen molar-refractivity contribution in [1.82, 2.24) is 15.2 Å². The van der Waals surface area contributed by atoms with Gasteiger partial charge in [0.25, 0.3) is 0 Å². The summed E-state index contributed by atoms with van der Waals surface area (Å²) in [5.74, 6) is 1.82. The first-order chi connectivity index (χ1) is 28.2. The molecule has 2 aliphatic heterocycles. The molecular formula is C51H36N4O2. The van der Waals surface area contributed by atoms with Gasteiger partial charge in [0.15, 0.2) is 0 Å². The topological polar surface area (TPSA) is 63.7 Å². The van der Waals surface area contributed by atoms with Crippen LogP contribution in [0.5, 0.6) is 5.75 Å². The average molecular weight is 737 g/mol. The van der Waals surface area contributed by atoms with Crippen LogP contribution in [-0.4, -0.2) is 16.5 Å². The van der Waals surface area contributed by atoms with Crippen molar-refractivity contribution < 1.29 is 9.15 Å². The highest BCUT2D eigenvalue weighted by Crippen LogP contribution is 2.48. The summed E-state index contributed by atoms with van der Waals surface area (Å²) < 4.78 is 16.0. The molecule has 57 heavy (non-hydrogen) atoms. The molecule has 0 radical (unpaired) electrons. The number of nitrogens with one attached hydrogen (secondary N) is 2. The third-order valence-electron chi connectivity index (χ3n) is 11.9. The second kappa shape index (κ2) is 12.7. The monoisotopic (exact) mass is 736 g/mol. The van der Waals surface area contributed by atoms with E-state index in [0.717, 1.165) is 67.0 Å². The first-order valence-corrected chi connectivity index (χ1v) is 19.6. The van der Waals surface area contributed by atoms with Gasteiger partial charge in [-0.15, -0.1) is 0 Å². The fraction of sp³-hybridized carbons (Fsp3) is 0.0784. The van der Waals surface area contributed by atoms with Crippen LogP contribution in [0.2, 0.25) is 0 Å². The molecule has 0 amide bonds. The van der Waals surface area contributed by atoms with Crippen molar-refractivity contribution in [2.75, 3.05) is 0 Å². The smallest absolute Gasteiger partial charge is 0.149 e. The van der Waals surface area contributed by atoms with Gasteiger partial charge in [-0.05, 0) is 59.2 Å². The first kappa shape index (κ1) is 32.1. The number of hydrogen-bond acceptors (Lipinski definition) is 5. The number of nitrogens with zero attached hydrogens (tertiary/aromatic N) is 2. The Morgan fingerprint density at radius 2 is 1.30 bits per heavy atom. The molecule has 6 heteroatoms. The van der Waals surface area contributed by atoms with E-state index in [-0.39, 0.29) is 24.4 Å². The molecule has 2 aromatic heterocycles. The standard InChI is InChI=1S/C51H36N4O2/c1-3-13-31(14-4-1)49-52-50(32-15-5-2-6-16-32)54-51(53-49)34-25-27-38-39-20-11-19-35(47(39)57-46(38)30-34)33-26-28-45-41(29-33)40-21-12-24-44(48(40)56-45)55-42-22-9-7-17-36(42)37-18-8-10-23-43(37)55/h1-30,40,48-50,52H,(H,53,54). The maximum absolute atomic E-state index is 6.83. The number of furan rings is 1. The largest absolute Gasteiger partial charge is 0.483 e. The predicted molar refractivity (Wildman–Crippen MR) is 230 cm³/mol. The summed E-state index contributed by atoms with van der Waals surface area (Å²) in [5, 5.41) is 12.0. The van der Waals surface area contributed by atoms with Gasteiger partial charge in [0, 0.05) is 44.2 Å². The van der Waals surface area contributed by atoms with Gasteiger partial charge in [0.1, 0.15) is 41.2 Å². The quantitative estimate of drug-likeness (QED) is 0.185. The lowest BCUT2D eigenvalue weighted by Crippen LogP contribution is -2.44. The molecule has 0 saturated carbocycles. The number of para-hydroxylation sites is 3. The van der Waals surface area contributed by atoms with Gasteiger partial charge in [-0.1, -0.05) is 140 Å². The summed E-state index contributed by atoms with van der Waals surface area (Å²) in [6.45, 7) is 0. The molecule has 4 heterocycles. The van der Waals surface area contributed by atoms with Crippen molar-refractivity contribution in [1.29, 1.82) is 0 Å². The van der Waals surface area contributed by atoms with Crippen LogP contribution >= 0.6 is 0 Å². The molecule has 3 aliphatic rings. The summed E-state index contributed by atoms with van der Waals surface area (Å²) in [7, 11) is 0. The molecule has 7 aromatic carbocycles. The zero-order valence-electron chi connectivity index (χ0n) is 30.8. The van der Waals surface area contributed by atoms with E-state index in [1.807, 2.05) is 12.1 Å². The van der Waals surface area contributed by atoms with Crippen LogP contribution in [0.4, 0.5) is 0 Å². The molecule has 0 bridgehead atoms. The first-order valence-electron chi connectivity index (χ1n) is 19.6. The van der Waals surface area contributed by atoms with E-state index < -0.39 is 0 Å². The molecule has 0 fully saturated rings. The third-order valence-corrected chi connectivity index (χ3v) is 11.9. The maximum Gasteiger partial charge on any atom is 0.149 e. The Morgan fingerprint density at radius 3 is 2.09 bits per heavy atom. The van der Waals surface area contributed by atoms with Crippen molar-refractivity contribution in [2.45, 2.75) is 24.4 Å². The Hall–Kier alpha value is -7.15. The molecule has 272 valence electrons. The van der Waals surface area contributed by atoms with Crippen LogP contribution in [-0.2, 0) is 0 Å². The second-order valence-electron chi connectivity index (χ2n) is 15.1. The van der Waals surface area contributed by atoms with Gasteiger partial charge in [-0.2, -0.15) is 0 Å². The van der Waals surface area contributed by atoms with Gasteiger partial charge < -0.3 is 19.0 Å². The molecule has 1 aliphatic carbocycles. The molecular weight excluding hydrogens is 701 g/mol. The van der Waals surface area contributed by atoms with Gasteiger partial charge in [0.05, 0.1) is 16.7 Å². The van der Waals surface area contributed by atoms with Crippen LogP contribution in [0, 0.1) is 0 Å². The summed E-state index contributed by atoms with van der Waals surface area (Å²) in [5.41, 5.74) is 11.8. The summed E-state index contributed by atoms with van der Waals surface area (Å²) in [4.78, 5) is 5.17. The van der Waals surface area contributed by atoms with Crippen molar-refractivity contribution in [3.8, 4) is 16.9 Å². The minimum Gasteiger partial charge on any atom is -0.483 e. The number of allylic oxidation sites excluding steroid dienone is 2. The van der Waals surface area contributed by atoms with Crippen molar-refractivity contribution in [3.63, 3.8) is 0 Å². The lowest BCUT2D eigenvalue weighted by molar-refractivity contribution is 0.272. The van der Waals surface area contributed by atoms with Crippen molar-refractivity contribution in [2.24, 2.45) is 4.99 Å². The highest BCUT2D eigenvalue weighted by atomic mass is 16.5. The summed E-state index contributed by atoms with van der Waals surface area (Å²) >= 11 is 0. The molecule has 6 nitrogen and oxygen atoms in total. The van der Waals surface area contributed by atoms with Crippen LogP contribution < -0.4 is 15.4 Å². The van der Waals surface area contributed by atoms with Gasteiger partial charge in [0.2, 0.25) is 0 Å². The lowest BCUT2D eigenvalue weighted by atomic mass is 9.88. The Morgan fingerprint density at radius 1 is 0.596 bits per heavy atom. The second-order valence-corrected chi connectivity index (χ2v) is 15.1. The third kappa shape index (κ3) is 5.11. The summed E-state index contributed by atoms with van der Waals surface area (Å²) in [6.07, 6.45) is 6.22. The fourth-order valence-electron chi connectivity index (χ4n) is 9.18. The fourth-order valence-corrected chi connectivity index (χ4v) is 9.18. The maximum atomic E-state index is 6.83. The molecule has 0 saturated heterocycles. The minimum absolute atomic E-state index is 0.0787. The Kier molecular flexibility index (Phi) is 7.16. The van der Waals surface area contributed by atoms with Crippen LogP contribution in [0.25, 0.3) is 60.6 Å². The normalized spacial score (nSPS) is 19.9. The molecule has 9 aromatic rings. The van der Waals surface area contributed by atoms with Crippen LogP contribution in [0.15, 0.2) is 191 Å². The SMILES string of the molecule is C1=CC2c3cc(-c4cccc5c4oc4cc(C6=NC(c7ccccc7)NC(c7ccccc7)N6)ccc45)ccc3OC2C(n2c3ccccc3c3ccccc32)=C1. The Bertz CT molecular complexity index is 3080. The average Bonchev–Trinajstić information content (AvgIpc) is 3.96. The number of rotatable bonds is 5. The lowest BCUT2D eigenvalue weighted by Gasteiger charge is -2.32. The zero-order valence-corrected chi connectivity index (χ0v) is 30.8. The van der Waals surface area contributed by atoms with Gasteiger partial charge >= 0.3 is 0 Å². The zero-order chi connectivity index (χ0) is 37.5. The number of aliphatic imine (C=N–C) groups is 1. The van der Waals surface area contributed by atoms with Crippen molar-refractivity contribution >= 4 is 55.3 Å². The molecule has 0 spiro atoms. The van der Waals surface area contributed by atoms with E-state index in [9.17, 15) is 0 Å². The number of hydrogen-bond donors (Lipinski definition) is 2. The van der Waals surface area contributed by atoms with E-state index in [0.29, 0.717) is 0 Å². The summed E-state index contributed by atoms with van der Waals surface area (Å²) in [6, 6.07) is 57.6. The number of ether oxygens (including phenoxy) is 1. The van der Waals surface area contributed by atoms with Crippen LogP contribution in [0.1, 0.15) is 40.5 Å². The number of fused-ring (bicyclic) bond motifs is 9. The highest BCUT2D eigenvalue weighted by Gasteiger charge is 2.38. The van der Waals surface area contributed by atoms with E-state index in [1.54, 1.807) is 0 Å². The molecule has 12 rings (SSSR count). The number of benzene rings is 7. The van der Waals surface area contributed by atoms with Gasteiger partial charge in [-0.25, -0.2) is 4.99 Å². The Balaban J connectivity index is 0.907. The van der Waals surface area contributed by atoms with E-state index in [4.69, 9.17) is 14.1 Å². The number of aromatic nitrogens is 1. The molecule has 4 unspecified atom stereocenters. The minimum atomic E-state index is -0.207. The highest BCUT2D eigenvalue weighted by molar-refractivity contribution is 6.12. The van der Waals surface area contributed by atoms with E-state index >= 15 is 0 Å². The van der Waals surface area contributed by atoms with E-state index in [2.05, 4.69) is 185 Å². The van der Waals surface area contributed by atoms with Crippen LogP contribution in [0.3, 0.4) is 0 Å². The van der Waals surface area contributed by atoms with Crippen molar-refractivity contribution in [3.05, 3.63) is 204 Å². The number of amidine groups is 1. The van der Waals surface area contributed by atoms with Gasteiger partial charge in [-0.3, -0.25) is 5.32 Å². The Labute approximate surface area is 329 Å². The molecule has 2 N–H and O–H groups in total. The molecule has 4 atom stereocenters. The van der Waals surface area contributed by atoms with E-state index in [1.165, 1.54) is 27.4 Å².